The minimum atomic E-state index is -0.416. The van der Waals surface area contributed by atoms with E-state index in [1.807, 2.05) is 11.4 Å². The van der Waals surface area contributed by atoms with Crippen molar-refractivity contribution in [2.24, 2.45) is 0 Å². The van der Waals surface area contributed by atoms with Gasteiger partial charge in [0.2, 0.25) is 5.91 Å². The first-order chi connectivity index (χ1) is 22.0. The quantitative estimate of drug-likeness (QED) is 0.167. The van der Waals surface area contributed by atoms with Gasteiger partial charge in [-0.15, -0.1) is 21.5 Å². The molecular weight excluding hydrogens is 595 g/mol. The Bertz CT molecular complexity index is 1710. The molecule has 0 spiro atoms. The zero-order valence-electron chi connectivity index (χ0n) is 24.8. The van der Waals surface area contributed by atoms with E-state index < -0.39 is 5.82 Å². The van der Waals surface area contributed by atoms with E-state index in [1.54, 1.807) is 22.3 Å². The smallest absolute Gasteiger partial charge is 0.317 e. The van der Waals surface area contributed by atoms with Gasteiger partial charge >= 0.3 is 6.03 Å². The lowest BCUT2D eigenvalue weighted by Gasteiger charge is -2.18. The summed E-state index contributed by atoms with van der Waals surface area (Å²) in [6, 6.07) is 12.6. The summed E-state index contributed by atoms with van der Waals surface area (Å²) < 4.78 is 26.9. The number of thiophene rings is 1. The molecule has 2 aliphatic heterocycles. The molecule has 1 atom stereocenters. The fourth-order valence-corrected chi connectivity index (χ4v) is 6.58. The Balaban J connectivity index is 1.04. The van der Waals surface area contributed by atoms with Gasteiger partial charge in [-0.05, 0) is 66.2 Å². The number of likely N-dealkylation sites (tertiary alicyclic amines) is 1. The number of urea groups is 1. The van der Waals surface area contributed by atoms with Crippen LogP contribution in [-0.2, 0) is 22.5 Å². The van der Waals surface area contributed by atoms with Gasteiger partial charge in [-0.2, -0.15) is 0 Å². The Morgan fingerprint density at radius 3 is 2.89 bits per heavy atom. The summed E-state index contributed by atoms with van der Waals surface area (Å²) in [4.78, 5) is 25.5. The zero-order valence-corrected chi connectivity index (χ0v) is 25.6. The largest absolute Gasteiger partial charge is 0.490 e. The number of carbonyl (C=O) groups is 2. The van der Waals surface area contributed by atoms with Crippen molar-refractivity contribution >= 4 is 33.4 Å². The Labute approximate surface area is 264 Å². The number of fused-ring (bicyclic) bond motifs is 2. The lowest BCUT2D eigenvalue weighted by atomic mass is 9.96. The van der Waals surface area contributed by atoms with Crippen LogP contribution in [0, 0.1) is 5.82 Å². The molecule has 6 rings (SSSR count). The van der Waals surface area contributed by atoms with Crippen LogP contribution >= 0.6 is 11.3 Å². The van der Waals surface area contributed by atoms with E-state index in [4.69, 9.17) is 9.47 Å². The minimum Gasteiger partial charge on any atom is -0.490 e. The number of nitrogens with one attached hydrogen (secondary N) is 3. The van der Waals surface area contributed by atoms with Crippen molar-refractivity contribution in [1.29, 1.82) is 0 Å². The van der Waals surface area contributed by atoms with Crippen LogP contribution in [-0.4, -0.2) is 79.1 Å². The second-order valence-corrected chi connectivity index (χ2v) is 11.9. The Morgan fingerprint density at radius 2 is 2.00 bits per heavy atom. The highest BCUT2D eigenvalue weighted by Crippen LogP contribution is 2.39. The van der Waals surface area contributed by atoms with Crippen molar-refractivity contribution in [2.45, 2.75) is 25.4 Å². The summed E-state index contributed by atoms with van der Waals surface area (Å²) >= 11 is 1.56. The lowest BCUT2D eigenvalue weighted by molar-refractivity contribution is -0.117. The second-order valence-electron chi connectivity index (χ2n) is 10.9. The molecule has 2 aromatic heterocycles. The highest BCUT2D eigenvalue weighted by atomic mass is 32.1. The molecule has 3 N–H and O–H groups in total. The van der Waals surface area contributed by atoms with Crippen LogP contribution in [0.25, 0.3) is 32.6 Å². The Hall–Kier alpha value is -4.39. The number of aromatic nitrogens is 2. The van der Waals surface area contributed by atoms with Gasteiger partial charge in [-0.3, -0.25) is 4.79 Å². The fraction of sp³-hybridized carbons (Fsp3) is 0.333. The Kier molecular flexibility index (Phi) is 9.63. The van der Waals surface area contributed by atoms with Gasteiger partial charge in [0.1, 0.15) is 29.6 Å². The van der Waals surface area contributed by atoms with E-state index >= 15 is 0 Å². The van der Waals surface area contributed by atoms with Gasteiger partial charge in [0.15, 0.2) is 0 Å². The molecule has 2 aromatic carbocycles. The third kappa shape index (κ3) is 7.14. The third-order valence-electron chi connectivity index (χ3n) is 7.97. The minimum absolute atomic E-state index is 0.0748. The van der Waals surface area contributed by atoms with E-state index in [2.05, 4.69) is 50.9 Å². The number of hydrogen-bond donors (Lipinski definition) is 3. The predicted octanol–water partition coefficient (Wildman–Crippen LogP) is 4.29. The van der Waals surface area contributed by atoms with Gasteiger partial charge in [0.25, 0.3) is 0 Å². The first-order valence-electron chi connectivity index (χ1n) is 15.0. The van der Waals surface area contributed by atoms with Crippen molar-refractivity contribution < 1.29 is 23.5 Å². The molecule has 0 aliphatic carbocycles. The lowest BCUT2D eigenvalue weighted by Crippen LogP contribution is -2.42. The summed E-state index contributed by atoms with van der Waals surface area (Å²) in [5, 5.41) is 21.3. The van der Waals surface area contributed by atoms with Crippen LogP contribution in [0.15, 0.2) is 60.5 Å². The maximum absolute atomic E-state index is 14.3. The van der Waals surface area contributed by atoms with Crippen molar-refractivity contribution in [1.82, 2.24) is 31.0 Å². The Morgan fingerprint density at radius 1 is 1.11 bits per heavy atom. The topological polar surface area (TPSA) is 118 Å². The monoisotopic (exact) mass is 630 g/mol. The first kappa shape index (κ1) is 30.6. The number of rotatable bonds is 11. The van der Waals surface area contributed by atoms with Gasteiger partial charge in [-0.25, -0.2) is 9.18 Å². The SMILES string of the molecule is C=CC(=O)NC1CCN(C(=O)NCCOCCOc2cc(F)ccc2-c2nnc(-c3ccc4c(c3)CCNC4)c3ccsc23)C1. The highest BCUT2D eigenvalue weighted by molar-refractivity contribution is 7.17. The maximum atomic E-state index is 14.3. The molecule has 1 fully saturated rings. The number of carbonyl (C=O) groups excluding carboxylic acids is 2. The highest BCUT2D eigenvalue weighted by Gasteiger charge is 2.26. The summed E-state index contributed by atoms with van der Waals surface area (Å²) in [7, 11) is 0. The normalized spacial score (nSPS) is 15.9. The molecule has 0 bridgehead atoms. The van der Waals surface area contributed by atoms with Crippen molar-refractivity contribution in [3.63, 3.8) is 0 Å². The molecule has 3 amide bonds. The summed E-state index contributed by atoms with van der Waals surface area (Å²) in [5.74, 6) is -0.300. The van der Waals surface area contributed by atoms with Crippen LogP contribution in [0.1, 0.15) is 17.5 Å². The molecule has 1 unspecified atom stereocenters. The molecular formula is C33H35FN6O4S. The van der Waals surface area contributed by atoms with Crippen molar-refractivity contribution in [3.8, 4) is 28.3 Å². The molecule has 10 nitrogen and oxygen atoms in total. The molecule has 0 radical (unpaired) electrons. The van der Waals surface area contributed by atoms with E-state index in [1.165, 1.54) is 29.3 Å². The number of ether oxygens (including phenoxy) is 2. The summed E-state index contributed by atoms with van der Waals surface area (Å²) in [5.41, 5.74) is 5.78. The molecule has 2 aliphatic rings. The summed E-state index contributed by atoms with van der Waals surface area (Å²) in [6.45, 7) is 7.35. The van der Waals surface area contributed by atoms with Gasteiger partial charge in [0.05, 0.1) is 17.9 Å². The van der Waals surface area contributed by atoms with E-state index in [0.717, 1.165) is 40.9 Å². The third-order valence-corrected chi connectivity index (χ3v) is 8.89. The molecule has 0 saturated carbocycles. The number of hydrogen-bond acceptors (Lipinski definition) is 8. The van der Waals surface area contributed by atoms with E-state index in [9.17, 15) is 14.0 Å². The van der Waals surface area contributed by atoms with Crippen LogP contribution in [0.4, 0.5) is 9.18 Å². The molecule has 45 heavy (non-hydrogen) atoms. The number of amides is 3. The van der Waals surface area contributed by atoms with Crippen LogP contribution in [0.5, 0.6) is 5.75 Å². The molecule has 1 saturated heterocycles. The van der Waals surface area contributed by atoms with E-state index in [0.29, 0.717) is 43.1 Å². The van der Waals surface area contributed by atoms with Crippen LogP contribution < -0.4 is 20.7 Å². The van der Waals surface area contributed by atoms with E-state index in [-0.39, 0.29) is 37.8 Å². The molecule has 12 heteroatoms. The second kappa shape index (κ2) is 14.1. The molecule has 4 aromatic rings. The number of benzene rings is 2. The average Bonchev–Trinajstić information content (AvgIpc) is 3.74. The summed E-state index contributed by atoms with van der Waals surface area (Å²) in [6.07, 6.45) is 2.90. The predicted molar refractivity (Wildman–Crippen MR) is 172 cm³/mol. The fourth-order valence-electron chi connectivity index (χ4n) is 5.68. The maximum Gasteiger partial charge on any atom is 0.317 e. The molecule has 234 valence electrons. The number of halogens is 1. The van der Waals surface area contributed by atoms with Crippen LogP contribution in [0.2, 0.25) is 0 Å². The van der Waals surface area contributed by atoms with Crippen molar-refractivity contribution in [3.05, 3.63) is 77.4 Å². The standard InChI is InChI=1S/C33H35FN6O4S/c1-2-29(41)37-25-8-12-40(20-25)33(42)36-11-13-43-14-15-44-28-18-24(34)5-6-26(28)31-32-27(9-16-45-32)30(38-39-31)22-3-4-23-19-35-10-7-21(23)17-22/h2-6,9,16-18,25,35H,1,7-8,10-15,19-20H2,(H,36,42)(H,37,41). The van der Waals surface area contributed by atoms with Crippen molar-refractivity contribution in [2.75, 3.05) is 46.0 Å². The van der Waals surface area contributed by atoms with Gasteiger partial charge in [0, 0.05) is 54.8 Å². The van der Waals surface area contributed by atoms with Gasteiger partial charge in [-0.1, -0.05) is 18.7 Å². The zero-order chi connectivity index (χ0) is 31.2. The van der Waals surface area contributed by atoms with Crippen LogP contribution in [0.3, 0.4) is 0 Å². The first-order valence-corrected chi connectivity index (χ1v) is 15.9. The average molecular weight is 631 g/mol. The van der Waals surface area contributed by atoms with Gasteiger partial charge < -0.3 is 30.3 Å². The molecule has 4 heterocycles. The number of nitrogens with zero attached hydrogens (tertiary/aromatic N) is 3.